The van der Waals surface area contributed by atoms with Crippen LogP contribution >= 0.6 is 0 Å². The van der Waals surface area contributed by atoms with Crippen molar-refractivity contribution in [3.05, 3.63) is 0 Å². The second-order valence-electron chi connectivity index (χ2n) is 18.2. The zero-order chi connectivity index (χ0) is 36.7. The summed E-state index contributed by atoms with van der Waals surface area (Å²) in [6.07, 6.45) is 8.33. The van der Waals surface area contributed by atoms with Crippen LogP contribution in [0, 0.1) is 28.6 Å². The van der Waals surface area contributed by atoms with Gasteiger partial charge in [0, 0.05) is 6.54 Å². The lowest BCUT2D eigenvalue weighted by atomic mass is 9.79. The Balaban J connectivity index is 1.60. The monoisotopic (exact) mass is 707 g/mol. The van der Waals surface area contributed by atoms with E-state index in [2.05, 4.69) is 29.8 Å². The summed E-state index contributed by atoms with van der Waals surface area (Å²) in [6, 6.07) is -3.60. The molecule has 2 unspecified atom stereocenters. The molecule has 0 spiro atoms. The van der Waals surface area contributed by atoms with Crippen LogP contribution in [0.4, 0.5) is 4.79 Å². The molecule has 5 atom stereocenters. The Morgan fingerprint density at radius 3 is 2.00 bits per heavy atom. The minimum Gasteiger partial charge on any atom is -0.363 e. The molecule has 49 heavy (non-hydrogen) atoms. The molecule has 0 aromatic carbocycles. The first-order valence-electron chi connectivity index (χ1n) is 18.2. The summed E-state index contributed by atoms with van der Waals surface area (Å²) in [5.41, 5.74) is 3.51. The van der Waals surface area contributed by atoms with E-state index < -0.39 is 73.2 Å². The molecule has 5 amide bonds. The van der Waals surface area contributed by atoms with Crippen LogP contribution in [0.15, 0.2) is 0 Å². The SMILES string of the molecule is CC(C)(C)C(NC(=O)NC1(CS(=O)(=O)C(C)(C)C)CCCCC1)C(=O)N1C[C@H]2[C@H](CCC2(C)C)[C@H]1C(=O)NC(CC1CCC1)C(=O)C(N)=O. The Labute approximate surface area is 293 Å². The van der Waals surface area contributed by atoms with Crippen LogP contribution in [0.3, 0.4) is 0 Å². The maximum atomic E-state index is 14.6. The van der Waals surface area contributed by atoms with Gasteiger partial charge < -0.3 is 26.6 Å². The van der Waals surface area contributed by atoms with Crippen LogP contribution in [-0.2, 0) is 29.0 Å². The van der Waals surface area contributed by atoms with Crippen molar-refractivity contribution < 1.29 is 32.4 Å². The number of nitrogens with two attached hydrogens (primary N) is 1. The number of amides is 5. The van der Waals surface area contributed by atoms with Gasteiger partial charge in [0.1, 0.15) is 12.1 Å². The van der Waals surface area contributed by atoms with Gasteiger partial charge >= 0.3 is 6.03 Å². The van der Waals surface area contributed by atoms with E-state index in [4.69, 9.17) is 5.73 Å². The summed E-state index contributed by atoms with van der Waals surface area (Å²) in [4.78, 5) is 69.0. The van der Waals surface area contributed by atoms with Gasteiger partial charge in [-0.15, -0.1) is 0 Å². The molecule has 0 aromatic heterocycles. The molecule has 5 N–H and O–H groups in total. The van der Waals surface area contributed by atoms with E-state index in [0.29, 0.717) is 25.8 Å². The minimum atomic E-state index is -3.57. The van der Waals surface area contributed by atoms with Crippen molar-refractivity contribution in [2.24, 2.45) is 34.3 Å². The summed E-state index contributed by atoms with van der Waals surface area (Å²) in [5, 5.41) is 8.76. The van der Waals surface area contributed by atoms with Gasteiger partial charge in [-0.25, -0.2) is 13.2 Å². The van der Waals surface area contributed by atoms with Crippen molar-refractivity contribution in [1.29, 1.82) is 0 Å². The molecule has 1 heterocycles. The van der Waals surface area contributed by atoms with Crippen molar-refractivity contribution in [3.8, 4) is 0 Å². The van der Waals surface area contributed by atoms with Gasteiger partial charge in [0.25, 0.3) is 5.91 Å². The molecule has 12 nitrogen and oxygen atoms in total. The number of hydrogen-bond acceptors (Lipinski definition) is 7. The van der Waals surface area contributed by atoms with Gasteiger partial charge in [0.2, 0.25) is 17.6 Å². The first kappa shape index (κ1) is 39.1. The summed E-state index contributed by atoms with van der Waals surface area (Å²) in [7, 11) is -3.57. The van der Waals surface area contributed by atoms with Crippen molar-refractivity contribution in [2.75, 3.05) is 12.3 Å². The number of urea groups is 1. The molecule has 3 aliphatic carbocycles. The molecular weight excluding hydrogens is 646 g/mol. The number of Topliss-reactive ketones (excluding diaryl/α,β-unsaturated/α-hetero) is 1. The van der Waals surface area contributed by atoms with Crippen LogP contribution in [0.1, 0.15) is 126 Å². The molecule has 1 aliphatic heterocycles. The van der Waals surface area contributed by atoms with E-state index in [-0.39, 0.29) is 28.9 Å². The average Bonchev–Trinajstić information content (AvgIpc) is 3.48. The third-order valence-electron chi connectivity index (χ3n) is 12.0. The Bertz CT molecular complexity index is 1400. The zero-order valence-corrected chi connectivity index (χ0v) is 31.8. The standard InChI is InChI=1S/C36H61N5O7S/c1-33(2,3)28(39-32(46)40-36(16-10-9-11-17-36)21-49(47,48)34(4,5)6)31(45)41-20-24-23(15-18-35(24,7)8)26(41)30(44)38-25(27(42)29(37)43)19-22-13-12-14-22/h22-26,28H,9-21H2,1-8H3,(H2,37,43)(H,38,44)(H2,39,40,46)/t23-,24-,25?,26-,28?/m0/s1. The summed E-state index contributed by atoms with van der Waals surface area (Å²) in [6.45, 7) is 15.1. The molecule has 4 rings (SSSR count). The molecule has 0 aromatic rings. The van der Waals surface area contributed by atoms with Gasteiger partial charge in [0.15, 0.2) is 9.84 Å². The predicted molar refractivity (Wildman–Crippen MR) is 188 cm³/mol. The fourth-order valence-electron chi connectivity index (χ4n) is 8.44. The van der Waals surface area contributed by atoms with Gasteiger partial charge in [-0.2, -0.15) is 0 Å². The third kappa shape index (κ3) is 8.61. The van der Waals surface area contributed by atoms with Crippen LogP contribution < -0.4 is 21.7 Å². The smallest absolute Gasteiger partial charge is 0.315 e. The van der Waals surface area contributed by atoms with Crippen LogP contribution in [0.25, 0.3) is 0 Å². The number of sulfone groups is 1. The number of nitrogens with zero attached hydrogens (tertiary/aromatic N) is 1. The molecule has 3 saturated carbocycles. The predicted octanol–water partition coefficient (Wildman–Crippen LogP) is 3.61. The fourth-order valence-corrected chi connectivity index (χ4v) is 9.97. The molecule has 4 fully saturated rings. The maximum absolute atomic E-state index is 14.6. The van der Waals surface area contributed by atoms with Gasteiger partial charge in [-0.1, -0.05) is 73.1 Å². The first-order chi connectivity index (χ1) is 22.5. The van der Waals surface area contributed by atoms with Crippen molar-refractivity contribution in [2.45, 2.75) is 154 Å². The lowest BCUT2D eigenvalue weighted by Crippen LogP contribution is -2.64. The number of carbonyl (C=O) groups excluding carboxylic acids is 5. The minimum absolute atomic E-state index is 0.0201. The molecule has 0 bridgehead atoms. The molecule has 0 radical (unpaired) electrons. The molecule has 13 heteroatoms. The lowest BCUT2D eigenvalue weighted by Gasteiger charge is -2.41. The Hall–Kier alpha value is -2.70. The maximum Gasteiger partial charge on any atom is 0.315 e. The van der Waals surface area contributed by atoms with Gasteiger partial charge in [-0.05, 0) is 81.5 Å². The van der Waals surface area contributed by atoms with Crippen molar-refractivity contribution >= 4 is 39.4 Å². The zero-order valence-electron chi connectivity index (χ0n) is 30.9. The van der Waals surface area contributed by atoms with Crippen molar-refractivity contribution in [1.82, 2.24) is 20.9 Å². The summed E-state index contributed by atoms with van der Waals surface area (Å²) in [5.74, 6) is -2.95. The Kier molecular flexibility index (Phi) is 11.3. The normalized spacial score (nSPS) is 26.5. The Morgan fingerprint density at radius 2 is 1.49 bits per heavy atom. The molecule has 4 aliphatic rings. The van der Waals surface area contributed by atoms with E-state index in [1.54, 1.807) is 25.7 Å². The van der Waals surface area contributed by atoms with Gasteiger partial charge in [-0.3, -0.25) is 19.2 Å². The number of fused-ring (bicyclic) bond motifs is 1. The summed E-state index contributed by atoms with van der Waals surface area (Å²) >= 11 is 0. The number of primary amides is 1. The highest BCUT2D eigenvalue weighted by Crippen LogP contribution is 2.53. The first-order valence-corrected chi connectivity index (χ1v) is 19.9. The second kappa shape index (κ2) is 14.1. The average molecular weight is 708 g/mol. The van der Waals surface area contributed by atoms with Crippen LogP contribution in [0.5, 0.6) is 0 Å². The third-order valence-corrected chi connectivity index (χ3v) is 14.8. The molecular formula is C36H61N5O7S. The molecule has 278 valence electrons. The van der Waals surface area contributed by atoms with Crippen LogP contribution in [0.2, 0.25) is 0 Å². The van der Waals surface area contributed by atoms with E-state index >= 15 is 0 Å². The second-order valence-corrected chi connectivity index (χ2v) is 20.9. The number of ketones is 1. The van der Waals surface area contributed by atoms with E-state index in [1.807, 2.05) is 20.8 Å². The largest absolute Gasteiger partial charge is 0.363 e. The highest BCUT2D eigenvalue weighted by Gasteiger charge is 2.57. The Morgan fingerprint density at radius 1 is 0.878 bits per heavy atom. The van der Waals surface area contributed by atoms with Crippen molar-refractivity contribution in [3.63, 3.8) is 0 Å². The topological polar surface area (TPSA) is 185 Å². The lowest BCUT2D eigenvalue weighted by molar-refractivity contribution is -0.144. The number of nitrogens with one attached hydrogen (secondary N) is 3. The number of likely N-dealkylation sites (tertiary alicyclic amines) is 1. The van der Waals surface area contributed by atoms with E-state index in [0.717, 1.165) is 51.4 Å². The fraction of sp³-hybridized carbons (Fsp3) is 0.861. The quantitative estimate of drug-likeness (QED) is 0.236. The van der Waals surface area contributed by atoms with E-state index in [9.17, 15) is 32.4 Å². The van der Waals surface area contributed by atoms with Gasteiger partial charge in [0.05, 0.1) is 22.1 Å². The molecule has 1 saturated heterocycles. The van der Waals surface area contributed by atoms with E-state index in [1.165, 1.54) is 0 Å². The highest BCUT2D eigenvalue weighted by atomic mass is 32.2. The summed E-state index contributed by atoms with van der Waals surface area (Å²) < 4.78 is 25.7. The number of rotatable bonds is 11. The highest BCUT2D eigenvalue weighted by molar-refractivity contribution is 7.92. The number of hydrogen-bond donors (Lipinski definition) is 4. The van der Waals surface area contributed by atoms with Crippen LogP contribution in [-0.4, -0.2) is 83.6 Å². The number of carbonyl (C=O) groups is 5.